The second-order valence-corrected chi connectivity index (χ2v) is 6.70. The second-order valence-electron chi connectivity index (χ2n) is 4.55. The van der Waals surface area contributed by atoms with Gasteiger partial charge in [-0.2, -0.15) is 0 Å². The first-order chi connectivity index (χ1) is 8.99. The van der Waals surface area contributed by atoms with E-state index in [4.69, 9.17) is 11.6 Å². The molecule has 1 aromatic carbocycles. The van der Waals surface area contributed by atoms with Crippen LogP contribution in [0.4, 0.5) is 4.39 Å². The predicted molar refractivity (Wildman–Crippen MR) is 72.2 cm³/mol. The van der Waals surface area contributed by atoms with Crippen LogP contribution in [-0.2, 0) is 10.0 Å². The Morgan fingerprint density at radius 3 is 2.95 bits per heavy atom. The number of hydrogen-bond acceptors (Lipinski definition) is 3. The molecule has 0 amide bonds. The summed E-state index contributed by atoms with van der Waals surface area (Å²) in [6, 6.07) is 3.65. The lowest BCUT2D eigenvalue weighted by atomic mass is 10.2. The zero-order chi connectivity index (χ0) is 13.9. The van der Waals surface area contributed by atoms with Crippen LogP contribution in [0.3, 0.4) is 0 Å². The molecule has 2 rings (SSSR count). The van der Waals surface area contributed by atoms with E-state index in [2.05, 4.69) is 10.0 Å². The summed E-state index contributed by atoms with van der Waals surface area (Å²) in [5.74, 6) is -0.623. The largest absolute Gasteiger partial charge is 0.314 e. The van der Waals surface area contributed by atoms with Crippen molar-refractivity contribution in [1.29, 1.82) is 0 Å². The van der Waals surface area contributed by atoms with Crippen molar-refractivity contribution in [2.75, 3.05) is 13.1 Å². The molecule has 1 aliphatic rings. The van der Waals surface area contributed by atoms with E-state index in [1.54, 1.807) is 0 Å². The fraction of sp³-hybridized carbons (Fsp3) is 0.500. The molecule has 1 saturated heterocycles. The van der Waals surface area contributed by atoms with E-state index in [9.17, 15) is 12.8 Å². The van der Waals surface area contributed by atoms with Crippen LogP contribution in [0.25, 0.3) is 0 Å². The maximum atomic E-state index is 13.1. The van der Waals surface area contributed by atoms with Gasteiger partial charge in [-0.05, 0) is 44.0 Å². The Labute approximate surface area is 117 Å². The molecule has 19 heavy (non-hydrogen) atoms. The van der Waals surface area contributed by atoms with Gasteiger partial charge >= 0.3 is 0 Å². The smallest absolute Gasteiger partial charge is 0.242 e. The van der Waals surface area contributed by atoms with Crippen molar-refractivity contribution in [3.05, 3.63) is 29.0 Å². The minimum absolute atomic E-state index is 0.0212. The molecule has 1 heterocycles. The lowest BCUT2D eigenvalue weighted by Crippen LogP contribution is -2.30. The van der Waals surface area contributed by atoms with Crippen LogP contribution in [0.2, 0.25) is 5.02 Å². The third-order valence-corrected chi connectivity index (χ3v) is 5.07. The van der Waals surface area contributed by atoms with E-state index < -0.39 is 15.8 Å². The second kappa shape index (κ2) is 6.17. The van der Waals surface area contributed by atoms with Crippen molar-refractivity contribution in [1.82, 2.24) is 10.0 Å². The third kappa shape index (κ3) is 3.89. The van der Waals surface area contributed by atoms with Gasteiger partial charge < -0.3 is 5.32 Å². The number of sulfonamides is 1. The quantitative estimate of drug-likeness (QED) is 0.873. The van der Waals surface area contributed by atoms with Crippen molar-refractivity contribution >= 4 is 21.6 Å². The van der Waals surface area contributed by atoms with Crippen molar-refractivity contribution in [3.63, 3.8) is 0 Å². The van der Waals surface area contributed by atoms with Crippen molar-refractivity contribution in [3.8, 4) is 0 Å². The Hall–Kier alpha value is -0.690. The van der Waals surface area contributed by atoms with E-state index in [1.807, 2.05) is 0 Å². The molecule has 0 aliphatic carbocycles. The Morgan fingerprint density at radius 1 is 1.47 bits per heavy atom. The molecular formula is C12H16ClFN2O2S. The van der Waals surface area contributed by atoms with Crippen molar-refractivity contribution < 1.29 is 12.8 Å². The van der Waals surface area contributed by atoms with Gasteiger partial charge in [0.05, 0.1) is 5.02 Å². The Kier molecular flexibility index (Phi) is 4.78. The number of rotatable bonds is 5. The van der Waals surface area contributed by atoms with Gasteiger partial charge in [-0.3, -0.25) is 0 Å². The zero-order valence-electron chi connectivity index (χ0n) is 10.3. The van der Waals surface area contributed by atoms with Crippen molar-refractivity contribution in [2.24, 2.45) is 0 Å². The third-order valence-electron chi connectivity index (χ3n) is 3.13. The Balaban J connectivity index is 1.99. The number of halogens is 2. The minimum Gasteiger partial charge on any atom is -0.314 e. The predicted octanol–water partition coefficient (Wildman–Crippen LogP) is 1.90. The maximum absolute atomic E-state index is 13.1. The van der Waals surface area contributed by atoms with Crippen molar-refractivity contribution in [2.45, 2.75) is 30.2 Å². The monoisotopic (exact) mass is 306 g/mol. The summed E-state index contributed by atoms with van der Waals surface area (Å²) in [7, 11) is -3.75. The summed E-state index contributed by atoms with van der Waals surface area (Å²) in [6.45, 7) is 1.29. The fourth-order valence-corrected chi connectivity index (χ4v) is 3.69. The lowest BCUT2D eigenvalue weighted by molar-refractivity contribution is 0.538. The molecule has 2 N–H and O–H groups in total. The lowest BCUT2D eigenvalue weighted by Gasteiger charge is -2.12. The maximum Gasteiger partial charge on any atom is 0.242 e. The van der Waals surface area contributed by atoms with Gasteiger partial charge in [0.1, 0.15) is 10.7 Å². The molecule has 1 aromatic rings. The van der Waals surface area contributed by atoms with Gasteiger partial charge in [0.25, 0.3) is 0 Å². The number of benzene rings is 1. The van der Waals surface area contributed by atoms with Gasteiger partial charge in [-0.25, -0.2) is 17.5 Å². The first-order valence-electron chi connectivity index (χ1n) is 6.17. The molecule has 7 heteroatoms. The molecule has 1 aliphatic heterocycles. The summed E-state index contributed by atoms with van der Waals surface area (Å²) in [6.07, 6.45) is 2.89. The Morgan fingerprint density at radius 2 is 2.26 bits per heavy atom. The number of nitrogens with one attached hydrogen (secondary N) is 2. The van der Waals surface area contributed by atoms with Crippen LogP contribution < -0.4 is 10.0 Å². The van der Waals surface area contributed by atoms with E-state index in [0.29, 0.717) is 19.0 Å². The molecule has 1 fully saturated rings. The molecule has 0 spiro atoms. The van der Waals surface area contributed by atoms with Gasteiger partial charge in [0.15, 0.2) is 0 Å². The highest BCUT2D eigenvalue weighted by molar-refractivity contribution is 7.89. The van der Waals surface area contributed by atoms with E-state index >= 15 is 0 Å². The van der Waals surface area contributed by atoms with Crippen LogP contribution >= 0.6 is 11.6 Å². The topological polar surface area (TPSA) is 58.2 Å². The van der Waals surface area contributed by atoms with Crippen LogP contribution in [0.15, 0.2) is 23.1 Å². The average Bonchev–Trinajstić information content (AvgIpc) is 2.85. The highest BCUT2D eigenvalue weighted by Gasteiger charge is 2.20. The van der Waals surface area contributed by atoms with Gasteiger partial charge in [-0.15, -0.1) is 0 Å². The van der Waals surface area contributed by atoms with Crippen LogP contribution in [-0.4, -0.2) is 27.5 Å². The molecule has 0 saturated carbocycles. The first-order valence-corrected chi connectivity index (χ1v) is 8.03. The van der Waals surface area contributed by atoms with Crippen LogP contribution in [0, 0.1) is 5.82 Å². The van der Waals surface area contributed by atoms with Crippen LogP contribution in [0.1, 0.15) is 19.3 Å². The van der Waals surface area contributed by atoms with E-state index in [1.165, 1.54) is 6.07 Å². The Bertz CT molecular complexity index is 545. The standard InChI is InChI=1S/C12H16ClFN2O2S/c13-11-4-3-9(14)8-12(11)19(17,18)16-7-5-10-2-1-6-15-10/h3-4,8,10,15-16H,1-2,5-7H2/t10-/m1/s1. The molecular weight excluding hydrogens is 291 g/mol. The molecule has 0 radical (unpaired) electrons. The van der Waals surface area contributed by atoms with Gasteiger partial charge in [0, 0.05) is 12.6 Å². The molecule has 1 atom stereocenters. The molecule has 106 valence electrons. The summed E-state index contributed by atoms with van der Waals surface area (Å²) in [5.41, 5.74) is 0. The fourth-order valence-electron chi connectivity index (χ4n) is 2.13. The number of hydrogen-bond donors (Lipinski definition) is 2. The molecule has 4 nitrogen and oxygen atoms in total. The van der Waals surface area contributed by atoms with E-state index in [0.717, 1.165) is 31.5 Å². The highest BCUT2D eigenvalue weighted by atomic mass is 35.5. The molecule has 0 bridgehead atoms. The SMILES string of the molecule is O=S(=O)(NCC[C@H]1CCCN1)c1cc(F)ccc1Cl. The summed E-state index contributed by atoms with van der Waals surface area (Å²) < 4.78 is 39.5. The highest BCUT2D eigenvalue weighted by Crippen LogP contribution is 2.22. The summed E-state index contributed by atoms with van der Waals surface area (Å²) in [5, 5.41) is 3.30. The average molecular weight is 307 g/mol. The summed E-state index contributed by atoms with van der Waals surface area (Å²) in [4.78, 5) is -0.214. The van der Waals surface area contributed by atoms with Gasteiger partial charge in [-0.1, -0.05) is 11.6 Å². The first kappa shape index (κ1) is 14.7. The van der Waals surface area contributed by atoms with Crippen LogP contribution in [0.5, 0.6) is 0 Å². The molecule has 0 unspecified atom stereocenters. The zero-order valence-corrected chi connectivity index (χ0v) is 11.9. The van der Waals surface area contributed by atoms with Gasteiger partial charge in [0.2, 0.25) is 10.0 Å². The van der Waals surface area contributed by atoms with E-state index in [-0.39, 0.29) is 9.92 Å². The molecule has 0 aromatic heterocycles. The summed E-state index contributed by atoms with van der Waals surface area (Å²) >= 11 is 5.79. The minimum atomic E-state index is -3.75. The normalized spacial score (nSPS) is 19.8.